The van der Waals surface area contributed by atoms with E-state index in [1.807, 2.05) is 0 Å². The zero-order valence-corrected chi connectivity index (χ0v) is 19.6. The zero-order valence-electron chi connectivity index (χ0n) is 18.8. The maximum absolute atomic E-state index is 13.0. The van der Waals surface area contributed by atoms with Crippen molar-refractivity contribution >= 4 is 15.9 Å². The van der Waals surface area contributed by atoms with Crippen molar-refractivity contribution in [2.75, 3.05) is 26.2 Å². The van der Waals surface area contributed by atoms with Crippen molar-refractivity contribution < 1.29 is 17.6 Å². The number of nitrogens with zero attached hydrogens (tertiary/aromatic N) is 1. The monoisotopic (exact) mass is 465 g/mol. The van der Waals surface area contributed by atoms with Crippen LogP contribution < -0.4 is 10.0 Å². The minimum atomic E-state index is -3.64. The van der Waals surface area contributed by atoms with E-state index in [-0.39, 0.29) is 22.6 Å². The molecule has 1 aromatic rings. The van der Waals surface area contributed by atoms with Gasteiger partial charge in [-0.2, -0.15) is 0 Å². The fourth-order valence-corrected chi connectivity index (χ4v) is 6.86. The number of rotatable bonds is 7. The number of halogens is 1. The molecule has 0 radical (unpaired) electrons. The Hall–Kier alpha value is -1.51. The molecule has 2 N–H and O–H groups in total. The number of amides is 1. The zero-order chi connectivity index (χ0) is 22.6. The summed E-state index contributed by atoms with van der Waals surface area (Å²) in [5.74, 6) is 0.544. The van der Waals surface area contributed by atoms with E-state index in [0.717, 1.165) is 44.4 Å². The van der Waals surface area contributed by atoms with Crippen LogP contribution in [0.4, 0.5) is 4.39 Å². The van der Waals surface area contributed by atoms with E-state index >= 15 is 0 Å². The third kappa shape index (κ3) is 5.88. The second kappa shape index (κ2) is 10.6. The smallest absolute Gasteiger partial charge is 0.240 e. The third-order valence-electron chi connectivity index (χ3n) is 7.67. The number of hydrogen-bond donors (Lipinski definition) is 2. The SMILES string of the molecule is O=C(NC[C@H]1CCCN2CCCC[C@H]12)C1CCC(CNS(=O)(=O)c2ccc(F)cc2)CC1. The summed E-state index contributed by atoms with van der Waals surface area (Å²) in [4.78, 5) is 15.5. The number of carbonyl (C=O) groups excluding carboxylic acids is 1. The highest BCUT2D eigenvalue weighted by atomic mass is 32.2. The van der Waals surface area contributed by atoms with Gasteiger partial charge < -0.3 is 10.2 Å². The molecule has 1 amide bonds. The lowest BCUT2D eigenvalue weighted by atomic mass is 9.81. The summed E-state index contributed by atoms with van der Waals surface area (Å²) < 4.78 is 40.5. The summed E-state index contributed by atoms with van der Waals surface area (Å²) in [6.07, 6.45) is 9.59. The van der Waals surface area contributed by atoms with Crippen molar-refractivity contribution in [3.63, 3.8) is 0 Å². The Bertz CT molecular complexity index is 867. The van der Waals surface area contributed by atoms with Crippen LogP contribution in [0.3, 0.4) is 0 Å². The number of benzene rings is 1. The van der Waals surface area contributed by atoms with Gasteiger partial charge in [0.25, 0.3) is 0 Å². The molecule has 4 rings (SSSR count). The number of sulfonamides is 1. The first-order chi connectivity index (χ1) is 15.4. The molecule has 1 aliphatic carbocycles. The molecule has 178 valence electrons. The molecule has 2 aliphatic heterocycles. The summed E-state index contributed by atoms with van der Waals surface area (Å²) in [6, 6.07) is 5.49. The summed E-state index contributed by atoms with van der Waals surface area (Å²) in [5.41, 5.74) is 0. The molecular formula is C24H36FN3O3S. The Morgan fingerprint density at radius 3 is 2.41 bits per heavy atom. The molecule has 3 fully saturated rings. The van der Waals surface area contributed by atoms with Gasteiger partial charge in [-0.25, -0.2) is 17.5 Å². The topological polar surface area (TPSA) is 78.5 Å². The maximum atomic E-state index is 13.0. The lowest BCUT2D eigenvalue weighted by Crippen LogP contribution is -2.51. The van der Waals surface area contributed by atoms with Gasteiger partial charge in [-0.1, -0.05) is 6.42 Å². The van der Waals surface area contributed by atoms with Crippen LogP contribution in [0, 0.1) is 23.6 Å². The highest BCUT2D eigenvalue weighted by molar-refractivity contribution is 7.89. The van der Waals surface area contributed by atoms with E-state index in [4.69, 9.17) is 0 Å². The second-order valence-electron chi connectivity index (χ2n) is 9.77. The average Bonchev–Trinajstić information content (AvgIpc) is 2.82. The molecule has 1 saturated carbocycles. The van der Waals surface area contributed by atoms with E-state index in [9.17, 15) is 17.6 Å². The molecule has 0 bridgehead atoms. The minimum Gasteiger partial charge on any atom is -0.356 e. The van der Waals surface area contributed by atoms with Gasteiger partial charge >= 0.3 is 0 Å². The predicted molar refractivity (Wildman–Crippen MR) is 122 cm³/mol. The molecule has 2 heterocycles. The van der Waals surface area contributed by atoms with Crippen molar-refractivity contribution in [2.45, 2.75) is 68.7 Å². The van der Waals surface area contributed by atoms with E-state index in [1.165, 1.54) is 57.3 Å². The van der Waals surface area contributed by atoms with Gasteiger partial charge in [0.1, 0.15) is 5.82 Å². The van der Waals surface area contributed by atoms with Crippen molar-refractivity contribution in [3.05, 3.63) is 30.1 Å². The Kier molecular flexibility index (Phi) is 7.84. The Labute approximate surface area is 191 Å². The Balaban J connectivity index is 1.19. The van der Waals surface area contributed by atoms with Gasteiger partial charge in [-0.15, -0.1) is 0 Å². The highest BCUT2D eigenvalue weighted by Crippen LogP contribution is 2.32. The molecule has 1 aromatic carbocycles. The van der Waals surface area contributed by atoms with Gasteiger partial charge in [0.15, 0.2) is 0 Å². The molecule has 0 unspecified atom stereocenters. The molecule has 32 heavy (non-hydrogen) atoms. The summed E-state index contributed by atoms with van der Waals surface area (Å²) in [7, 11) is -3.64. The van der Waals surface area contributed by atoms with Gasteiger partial charge in [0.2, 0.25) is 15.9 Å². The first-order valence-corrected chi connectivity index (χ1v) is 13.7. The van der Waals surface area contributed by atoms with Crippen LogP contribution in [0.15, 0.2) is 29.2 Å². The maximum Gasteiger partial charge on any atom is 0.240 e. The Morgan fingerprint density at radius 1 is 0.938 bits per heavy atom. The van der Waals surface area contributed by atoms with Crippen LogP contribution in [-0.2, 0) is 14.8 Å². The fraction of sp³-hybridized carbons (Fsp3) is 0.708. The van der Waals surface area contributed by atoms with Crippen LogP contribution in [0.25, 0.3) is 0 Å². The summed E-state index contributed by atoms with van der Waals surface area (Å²) in [6.45, 7) is 3.57. The van der Waals surface area contributed by atoms with Crippen molar-refractivity contribution in [3.8, 4) is 0 Å². The molecule has 0 spiro atoms. The Morgan fingerprint density at radius 2 is 1.66 bits per heavy atom. The molecule has 2 saturated heterocycles. The van der Waals surface area contributed by atoms with Crippen molar-refractivity contribution in [1.29, 1.82) is 0 Å². The highest BCUT2D eigenvalue weighted by Gasteiger charge is 2.34. The first kappa shape index (κ1) is 23.6. The molecule has 3 aliphatic rings. The molecule has 2 atom stereocenters. The summed E-state index contributed by atoms with van der Waals surface area (Å²) in [5, 5.41) is 3.24. The van der Waals surface area contributed by atoms with Gasteiger partial charge in [0.05, 0.1) is 4.90 Å². The van der Waals surface area contributed by atoms with Gasteiger partial charge in [0, 0.05) is 25.0 Å². The minimum absolute atomic E-state index is 0.0333. The van der Waals surface area contributed by atoms with Crippen LogP contribution in [-0.4, -0.2) is 51.4 Å². The van der Waals surface area contributed by atoms with Gasteiger partial charge in [-0.3, -0.25) is 4.79 Å². The lowest BCUT2D eigenvalue weighted by molar-refractivity contribution is -0.126. The van der Waals surface area contributed by atoms with Gasteiger partial charge in [-0.05, 0) is 101 Å². The lowest BCUT2D eigenvalue weighted by Gasteiger charge is -2.44. The van der Waals surface area contributed by atoms with Crippen molar-refractivity contribution in [1.82, 2.24) is 14.9 Å². The fourth-order valence-electron chi connectivity index (χ4n) is 5.74. The predicted octanol–water partition coefficient (Wildman–Crippen LogP) is 3.29. The average molecular weight is 466 g/mol. The number of piperidine rings is 2. The van der Waals surface area contributed by atoms with E-state index < -0.39 is 15.8 Å². The normalized spacial score (nSPS) is 29.3. The quantitative estimate of drug-likeness (QED) is 0.648. The number of carbonyl (C=O) groups is 1. The standard InChI is InChI=1S/C24H36FN3O3S/c25-21-10-12-22(13-11-21)32(30,31)27-16-18-6-8-19(9-7-18)24(29)26-17-20-4-3-15-28-14-2-1-5-23(20)28/h10-13,18-20,23,27H,1-9,14-17H2,(H,26,29)/t18?,19?,20-,23-/m1/s1. The van der Waals surface area contributed by atoms with E-state index in [0.29, 0.717) is 18.5 Å². The van der Waals surface area contributed by atoms with Crippen LogP contribution in [0.5, 0.6) is 0 Å². The number of hydrogen-bond acceptors (Lipinski definition) is 4. The van der Waals surface area contributed by atoms with E-state index in [1.54, 1.807) is 0 Å². The van der Waals surface area contributed by atoms with Crippen molar-refractivity contribution in [2.24, 2.45) is 17.8 Å². The molecular weight excluding hydrogens is 429 g/mol. The largest absolute Gasteiger partial charge is 0.356 e. The second-order valence-corrected chi connectivity index (χ2v) is 11.5. The van der Waals surface area contributed by atoms with E-state index in [2.05, 4.69) is 14.9 Å². The molecule has 8 heteroatoms. The number of nitrogens with one attached hydrogen (secondary N) is 2. The number of fused-ring (bicyclic) bond motifs is 1. The first-order valence-electron chi connectivity index (χ1n) is 12.2. The van der Waals surface area contributed by atoms with Crippen LogP contribution in [0.2, 0.25) is 0 Å². The van der Waals surface area contributed by atoms with Crippen LogP contribution in [0.1, 0.15) is 57.8 Å². The molecule has 0 aromatic heterocycles. The molecule has 6 nitrogen and oxygen atoms in total. The van der Waals surface area contributed by atoms with Crippen LogP contribution >= 0.6 is 0 Å². The third-order valence-corrected chi connectivity index (χ3v) is 9.11. The summed E-state index contributed by atoms with van der Waals surface area (Å²) >= 11 is 0.